The van der Waals surface area contributed by atoms with Crippen molar-refractivity contribution >= 4 is 43.2 Å². The Morgan fingerprint density at radius 1 is 1.11 bits per heavy atom. The summed E-state index contributed by atoms with van der Waals surface area (Å²) in [5.74, 6) is -0.408. The first-order valence-corrected chi connectivity index (χ1v) is 10.8. The number of hydrogen-bond acceptors (Lipinski definition) is 5. The maximum Gasteiger partial charge on any atom is 0.256 e. The number of hydrogen-bond donors (Lipinski definition) is 2. The predicted molar refractivity (Wildman–Crippen MR) is 110 cm³/mol. The van der Waals surface area contributed by atoms with Gasteiger partial charge in [-0.3, -0.25) is 4.79 Å². The van der Waals surface area contributed by atoms with Crippen LogP contribution in [0.2, 0.25) is 0 Å². The van der Waals surface area contributed by atoms with Gasteiger partial charge in [0.25, 0.3) is 5.91 Å². The Kier molecular flexibility index (Phi) is 5.85. The van der Waals surface area contributed by atoms with Crippen molar-refractivity contribution in [1.82, 2.24) is 4.90 Å². The molecule has 3 N–H and O–H groups in total. The number of carbonyl (C=O) groups is 1. The lowest BCUT2D eigenvalue weighted by Crippen LogP contribution is -2.44. The standard InChI is InChI=1S/C18H21BrN4O3S/c1-22-8-10-23(11-9-22)17-5-3-2-4-16(17)21-18(24)14-12-13(27(20,25)26)6-7-15(14)19/h2-7,12H,8-11H2,1H3,(H,21,24)(H2,20,25,26). The van der Waals surface area contributed by atoms with Gasteiger partial charge in [-0.15, -0.1) is 0 Å². The van der Waals surface area contributed by atoms with E-state index in [-0.39, 0.29) is 10.5 Å². The second-order valence-corrected chi connectivity index (χ2v) is 8.86. The van der Waals surface area contributed by atoms with Crippen LogP contribution in [0.5, 0.6) is 0 Å². The number of nitrogens with one attached hydrogen (secondary N) is 1. The summed E-state index contributed by atoms with van der Waals surface area (Å²) >= 11 is 3.30. The number of benzene rings is 2. The minimum Gasteiger partial charge on any atom is -0.367 e. The molecule has 144 valence electrons. The molecule has 1 aliphatic heterocycles. The Bertz CT molecular complexity index is 957. The van der Waals surface area contributed by atoms with Crippen molar-refractivity contribution < 1.29 is 13.2 Å². The second kappa shape index (κ2) is 7.97. The number of para-hydroxylation sites is 2. The summed E-state index contributed by atoms with van der Waals surface area (Å²) in [4.78, 5) is 17.2. The van der Waals surface area contributed by atoms with Crippen LogP contribution in [-0.2, 0) is 10.0 Å². The van der Waals surface area contributed by atoms with Crippen LogP contribution in [0.15, 0.2) is 51.8 Å². The molecule has 0 atom stereocenters. The summed E-state index contributed by atoms with van der Waals surface area (Å²) in [5.41, 5.74) is 1.83. The molecule has 1 amide bonds. The van der Waals surface area contributed by atoms with Crippen LogP contribution in [0.1, 0.15) is 10.4 Å². The summed E-state index contributed by atoms with van der Waals surface area (Å²) < 4.78 is 23.7. The SMILES string of the molecule is CN1CCN(c2ccccc2NC(=O)c2cc(S(N)(=O)=O)ccc2Br)CC1. The third-order valence-corrected chi connectivity index (χ3v) is 6.11. The molecule has 0 spiro atoms. The third kappa shape index (κ3) is 4.67. The fraction of sp³-hybridized carbons (Fsp3) is 0.278. The fourth-order valence-corrected chi connectivity index (χ4v) is 3.91. The van der Waals surface area contributed by atoms with Gasteiger partial charge < -0.3 is 15.1 Å². The van der Waals surface area contributed by atoms with E-state index >= 15 is 0 Å². The molecule has 1 fully saturated rings. The van der Waals surface area contributed by atoms with Crippen molar-refractivity contribution in [1.29, 1.82) is 0 Å². The van der Waals surface area contributed by atoms with Crippen LogP contribution in [0, 0.1) is 0 Å². The van der Waals surface area contributed by atoms with Gasteiger partial charge in [0.05, 0.1) is 21.8 Å². The molecule has 0 aromatic heterocycles. The minimum absolute atomic E-state index is 0.108. The highest BCUT2D eigenvalue weighted by molar-refractivity contribution is 9.10. The largest absolute Gasteiger partial charge is 0.367 e. The molecule has 0 unspecified atom stereocenters. The summed E-state index contributed by atoms with van der Waals surface area (Å²) in [6.45, 7) is 3.64. The van der Waals surface area contributed by atoms with E-state index in [1.165, 1.54) is 18.2 Å². The molecule has 3 rings (SSSR count). The van der Waals surface area contributed by atoms with Gasteiger partial charge in [0, 0.05) is 30.7 Å². The van der Waals surface area contributed by atoms with Crippen molar-refractivity contribution in [3.63, 3.8) is 0 Å². The fourth-order valence-electron chi connectivity index (χ4n) is 2.95. The molecule has 2 aromatic carbocycles. The molecule has 9 heteroatoms. The normalized spacial score (nSPS) is 15.6. The third-order valence-electron chi connectivity index (χ3n) is 4.51. The van der Waals surface area contributed by atoms with Gasteiger partial charge in [-0.25, -0.2) is 13.6 Å². The summed E-state index contributed by atoms with van der Waals surface area (Å²) in [6.07, 6.45) is 0. The monoisotopic (exact) mass is 452 g/mol. The summed E-state index contributed by atoms with van der Waals surface area (Å²) in [5, 5.41) is 8.07. The van der Waals surface area contributed by atoms with E-state index in [4.69, 9.17) is 5.14 Å². The van der Waals surface area contributed by atoms with E-state index < -0.39 is 15.9 Å². The smallest absolute Gasteiger partial charge is 0.256 e. The van der Waals surface area contributed by atoms with E-state index in [0.29, 0.717) is 10.2 Å². The van der Waals surface area contributed by atoms with E-state index in [1.807, 2.05) is 24.3 Å². The molecule has 7 nitrogen and oxygen atoms in total. The maximum atomic E-state index is 12.8. The van der Waals surface area contributed by atoms with Crippen LogP contribution >= 0.6 is 15.9 Å². The van der Waals surface area contributed by atoms with Gasteiger partial charge >= 0.3 is 0 Å². The first-order valence-electron chi connectivity index (χ1n) is 8.42. The number of amides is 1. The number of likely N-dealkylation sites (N-methyl/N-ethyl adjacent to an activating group) is 1. The average Bonchev–Trinajstić information content (AvgIpc) is 2.62. The predicted octanol–water partition coefficient (Wildman–Crippen LogP) is 2.10. The number of primary sulfonamides is 1. The highest BCUT2D eigenvalue weighted by Crippen LogP contribution is 2.28. The van der Waals surface area contributed by atoms with Crippen molar-refractivity contribution in [3.05, 3.63) is 52.5 Å². The lowest BCUT2D eigenvalue weighted by molar-refractivity contribution is 0.102. The molecule has 0 radical (unpaired) electrons. The molecule has 1 saturated heterocycles. The van der Waals surface area contributed by atoms with Crippen LogP contribution in [0.3, 0.4) is 0 Å². The highest BCUT2D eigenvalue weighted by Gasteiger charge is 2.20. The van der Waals surface area contributed by atoms with Gasteiger partial charge in [-0.2, -0.15) is 0 Å². The van der Waals surface area contributed by atoms with Gasteiger partial charge in [-0.1, -0.05) is 12.1 Å². The van der Waals surface area contributed by atoms with Crippen molar-refractivity contribution in [3.8, 4) is 0 Å². The average molecular weight is 453 g/mol. The van der Waals surface area contributed by atoms with Crippen LogP contribution in [0.4, 0.5) is 11.4 Å². The van der Waals surface area contributed by atoms with Crippen molar-refractivity contribution in [2.45, 2.75) is 4.90 Å². The lowest BCUT2D eigenvalue weighted by Gasteiger charge is -2.35. The minimum atomic E-state index is -3.89. The van der Waals surface area contributed by atoms with E-state index in [2.05, 4.69) is 38.1 Å². The molecule has 27 heavy (non-hydrogen) atoms. The van der Waals surface area contributed by atoms with Crippen molar-refractivity contribution in [2.75, 3.05) is 43.4 Å². The lowest BCUT2D eigenvalue weighted by atomic mass is 10.1. The number of carbonyl (C=O) groups excluding carboxylic acids is 1. The summed E-state index contributed by atoms with van der Waals surface area (Å²) in [7, 11) is -1.81. The van der Waals surface area contributed by atoms with Gasteiger partial charge in [0.2, 0.25) is 10.0 Å². The number of rotatable bonds is 4. The Labute approximate surface area is 167 Å². The highest BCUT2D eigenvalue weighted by atomic mass is 79.9. The van der Waals surface area contributed by atoms with E-state index in [9.17, 15) is 13.2 Å². The number of sulfonamides is 1. The first-order chi connectivity index (χ1) is 12.8. The molecular formula is C18H21BrN4O3S. The number of halogens is 1. The Morgan fingerprint density at radius 3 is 2.44 bits per heavy atom. The Hall–Kier alpha value is -1.94. The number of nitrogens with zero attached hydrogens (tertiary/aromatic N) is 2. The van der Waals surface area contributed by atoms with E-state index in [0.717, 1.165) is 31.9 Å². The van der Waals surface area contributed by atoms with Crippen molar-refractivity contribution in [2.24, 2.45) is 5.14 Å². The molecule has 1 aliphatic rings. The Balaban J connectivity index is 1.87. The molecule has 0 bridgehead atoms. The zero-order valence-electron chi connectivity index (χ0n) is 14.9. The zero-order chi connectivity index (χ0) is 19.6. The zero-order valence-corrected chi connectivity index (χ0v) is 17.3. The second-order valence-electron chi connectivity index (χ2n) is 6.45. The molecule has 2 aromatic rings. The van der Waals surface area contributed by atoms with Gasteiger partial charge in [0.15, 0.2) is 0 Å². The van der Waals surface area contributed by atoms with Crippen LogP contribution in [0.25, 0.3) is 0 Å². The van der Waals surface area contributed by atoms with Gasteiger partial charge in [0.1, 0.15) is 0 Å². The maximum absolute atomic E-state index is 12.8. The van der Waals surface area contributed by atoms with Crippen LogP contribution in [-0.4, -0.2) is 52.5 Å². The topological polar surface area (TPSA) is 95.7 Å². The molecule has 1 heterocycles. The van der Waals surface area contributed by atoms with Gasteiger partial charge in [-0.05, 0) is 53.3 Å². The quantitative estimate of drug-likeness (QED) is 0.740. The number of nitrogens with two attached hydrogens (primary N) is 1. The molecule has 0 aliphatic carbocycles. The first kappa shape index (κ1) is 19.8. The van der Waals surface area contributed by atoms with Crippen LogP contribution < -0.4 is 15.4 Å². The molecule has 0 saturated carbocycles. The van der Waals surface area contributed by atoms with E-state index in [1.54, 1.807) is 0 Å². The number of piperazine rings is 1. The summed E-state index contributed by atoms with van der Waals surface area (Å²) in [6, 6.07) is 11.7. The molecular weight excluding hydrogens is 432 g/mol. The number of anilines is 2. The Morgan fingerprint density at radius 2 is 1.78 bits per heavy atom.